The number of ketones is 1. The fraction of sp³-hybridized carbons (Fsp3) is 0.500. The van der Waals surface area contributed by atoms with E-state index in [4.69, 9.17) is 4.74 Å². The van der Waals surface area contributed by atoms with Gasteiger partial charge < -0.3 is 9.64 Å². The summed E-state index contributed by atoms with van der Waals surface area (Å²) in [4.78, 5) is 26.6. The molecule has 0 atom stereocenters. The molecule has 0 radical (unpaired) electrons. The standard InChI is InChI=1S/C20H27NO3/c1-5-6-11-21(14-16-10-8-7-9-15(16)2)19(23)18-12-17(22)13-20(3,4)24-18/h7-10,12H,5-6,11,13-14H2,1-4H3. The van der Waals surface area contributed by atoms with Crippen LogP contribution in [0.5, 0.6) is 0 Å². The number of aryl methyl sites for hydroxylation is 1. The maximum Gasteiger partial charge on any atom is 0.289 e. The van der Waals surface area contributed by atoms with E-state index in [1.54, 1.807) is 4.90 Å². The molecule has 0 aromatic heterocycles. The van der Waals surface area contributed by atoms with Crippen LogP contribution >= 0.6 is 0 Å². The molecule has 1 amide bonds. The Morgan fingerprint density at radius 3 is 2.62 bits per heavy atom. The molecule has 0 saturated carbocycles. The normalized spacial score (nSPS) is 16.3. The van der Waals surface area contributed by atoms with Crippen LogP contribution < -0.4 is 0 Å². The lowest BCUT2D eigenvalue weighted by molar-refractivity contribution is -0.138. The van der Waals surface area contributed by atoms with Crippen LogP contribution in [0, 0.1) is 6.92 Å². The molecule has 0 fully saturated rings. The number of benzene rings is 1. The minimum atomic E-state index is -0.629. The molecule has 4 heteroatoms. The average molecular weight is 329 g/mol. The maximum atomic E-state index is 12.9. The number of nitrogens with zero attached hydrogens (tertiary/aromatic N) is 1. The van der Waals surface area contributed by atoms with Gasteiger partial charge >= 0.3 is 0 Å². The Morgan fingerprint density at radius 2 is 2.00 bits per heavy atom. The molecule has 0 saturated heterocycles. The minimum absolute atomic E-state index is 0.0547. The number of amides is 1. The summed E-state index contributed by atoms with van der Waals surface area (Å²) in [5.74, 6) is -0.0882. The largest absolute Gasteiger partial charge is 0.481 e. The predicted octanol–water partition coefficient (Wildman–Crippen LogP) is 3.78. The summed E-state index contributed by atoms with van der Waals surface area (Å²) in [6, 6.07) is 8.05. The molecule has 130 valence electrons. The van der Waals surface area contributed by atoms with Crippen molar-refractivity contribution in [2.75, 3.05) is 6.54 Å². The first-order valence-corrected chi connectivity index (χ1v) is 8.60. The molecule has 1 aromatic rings. The molecule has 0 aliphatic carbocycles. The van der Waals surface area contributed by atoms with E-state index in [1.165, 1.54) is 6.08 Å². The highest BCUT2D eigenvalue weighted by Gasteiger charge is 2.33. The molecule has 1 aliphatic rings. The molecule has 0 N–H and O–H groups in total. The molecule has 0 unspecified atom stereocenters. The third-order valence-electron chi connectivity index (χ3n) is 4.18. The van der Waals surface area contributed by atoms with E-state index in [0.29, 0.717) is 19.5 Å². The molecule has 0 spiro atoms. The lowest BCUT2D eigenvalue weighted by atomic mass is 9.98. The maximum absolute atomic E-state index is 12.9. The van der Waals surface area contributed by atoms with Crippen LogP contribution in [-0.4, -0.2) is 28.7 Å². The summed E-state index contributed by atoms with van der Waals surface area (Å²) in [5, 5.41) is 0. The number of rotatable bonds is 6. The fourth-order valence-electron chi connectivity index (χ4n) is 2.84. The number of hydrogen-bond acceptors (Lipinski definition) is 3. The number of hydrogen-bond donors (Lipinski definition) is 0. The summed E-state index contributed by atoms with van der Waals surface area (Å²) in [7, 11) is 0. The molecular weight excluding hydrogens is 302 g/mol. The second-order valence-electron chi connectivity index (χ2n) is 7.02. The van der Waals surface area contributed by atoms with E-state index in [9.17, 15) is 9.59 Å². The zero-order valence-corrected chi connectivity index (χ0v) is 15.1. The van der Waals surface area contributed by atoms with Crippen LogP contribution in [-0.2, 0) is 20.9 Å². The molecule has 1 aromatic carbocycles. The van der Waals surface area contributed by atoms with E-state index in [-0.39, 0.29) is 17.4 Å². The van der Waals surface area contributed by atoms with Gasteiger partial charge in [0.1, 0.15) is 5.60 Å². The van der Waals surface area contributed by atoms with Crippen molar-refractivity contribution in [1.82, 2.24) is 4.90 Å². The lowest BCUT2D eigenvalue weighted by Crippen LogP contribution is -2.39. The zero-order chi connectivity index (χ0) is 17.7. The first-order chi connectivity index (χ1) is 11.3. The summed E-state index contributed by atoms with van der Waals surface area (Å²) in [6.07, 6.45) is 3.57. The smallest absolute Gasteiger partial charge is 0.289 e. The predicted molar refractivity (Wildman–Crippen MR) is 94.4 cm³/mol. The van der Waals surface area contributed by atoms with Crippen molar-refractivity contribution in [1.29, 1.82) is 0 Å². The van der Waals surface area contributed by atoms with Crippen LogP contribution in [0.25, 0.3) is 0 Å². The van der Waals surface area contributed by atoms with E-state index < -0.39 is 5.60 Å². The Labute approximate surface area is 144 Å². The van der Waals surface area contributed by atoms with Crippen LogP contribution in [0.1, 0.15) is 51.2 Å². The van der Waals surface area contributed by atoms with Crippen molar-refractivity contribution in [3.63, 3.8) is 0 Å². The number of allylic oxidation sites excluding steroid dienone is 1. The summed E-state index contributed by atoms with van der Waals surface area (Å²) >= 11 is 0. The molecule has 4 nitrogen and oxygen atoms in total. The van der Waals surface area contributed by atoms with Crippen LogP contribution in [0.3, 0.4) is 0 Å². The summed E-state index contributed by atoms with van der Waals surface area (Å²) in [6.45, 7) is 8.99. The molecule has 24 heavy (non-hydrogen) atoms. The first kappa shape index (κ1) is 18.2. The van der Waals surface area contributed by atoms with Gasteiger partial charge in [-0.2, -0.15) is 0 Å². The molecule has 0 bridgehead atoms. The summed E-state index contributed by atoms with van der Waals surface area (Å²) < 4.78 is 5.78. The topological polar surface area (TPSA) is 46.6 Å². The lowest BCUT2D eigenvalue weighted by Gasteiger charge is -2.32. The Balaban J connectivity index is 2.22. The number of carbonyl (C=O) groups excluding carboxylic acids is 2. The van der Waals surface area contributed by atoms with Gasteiger partial charge in [-0.25, -0.2) is 0 Å². The van der Waals surface area contributed by atoms with Crippen LogP contribution in [0.15, 0.2) is 36.1 Å². The quantitative estimate of drug-likeness (QED) is 0.798. The number of carbonyl (C=O) groups is 2. The monoisotopic (exact) mass is 329 g/mol. The highest BCUT2D eigenvalue weighted by Crippen LogP contribution is 2.26. The Bertz CT molecular complexity index is 646. The van der Waals surface area contributed by atoms with Gasteiger partial charge in [0.2, 0.25) is 0 Å². The SMILES string of the molecule is CCCCN(Cc1ccccc1C)C(=O)C1=CC(=O)CC(C)(C)O1. The molecule has 1 heterocycles. The van der Waals surface area contributed by atoms with Crippen molar-refractivity contribution < 1.29 is 14.3 Å². The van der Waals surface area contributed by atoms with Gasteiger partial charge in [-0.3, -0.25) is 9.59 Å². The molecule has 1 aliphatic heterocycles. The Kier molecular flexibility index (Phi) is 5.81. The minimum Gasteiger partial charge on any atom is -0.481 e. The van der Waals surface area contributed by atoms with E-state index in [1.807, 2.05) is 45.0 Å². The van der Waals surface area contributed by atoms with Gasteiger partial charge in [0.15, 0.2) is 11.5 Å². The van der Waals surface area contributed by atoms with Crippen molar-refractivity contribution in [3.8, 4) is 0 Å². The number of unbranched alkanes of at least 4 members (excludes halogenated alkanes) is 1. The van der Waals surface area contributed by atoms with Crippen LogP contribution in [0.2, 0.25) is 0 Å². The Morgan fingerprint density at radius 1 is 1.29 bits per heavy atom. The average Bonchev–Trinajstić information content (AvgIpc) is 2.50. The van der Waals surface area contributed by atoms with E-state index >= 15 is 0 Å². The first-order valence-electron chi connectivity index (χ1n) is 8.60. The second-order valence-corrected chi connectivity index (χ2v) is 7.02. The second kappa shape index (κ2) is 7.65. The fourth-order valence-corrected chi connectivity index (χ4v) is 2.84. The summed E-state index contributed by atoms with van der Waals surface area (Å²) in [5.41, 5.74) is 1.64. The highest BCUT2D eigenvalue weighted by molar-refractivity contribution is 6.01. The van der Waals surface area contributed by atoms with E-state index in [2.05, 4.69) is 6.92 Å². The molecular formula is C20H27NO3. The van der Waals surface area contributed by atoms with Crippen LogP contribution in [0.4, 0.5) is 0 Å². The highest BCUT2D eigenvalue weighted by atomic mass is 16.5. The van der Waals surface area contributed by atoms with Crippen molar-refractivity contribution in [2.24, 2.45) is 0 Å². The zero-order valence-electron chi connectivity index (χ0n) is 15.1. The van der Waals surface area contributed by atoms with Gasteiger partial charge in [0.05, 0.1) is 0 Å². The number of ether oxygens (including phenoxy) is 1. The molecule has 2 rings (SSSR count). The van der Waals surface area contributed by atoms with Crippen molar-refractivity contribution >= 4 is 11.7 Å². The van der Waals surface area contributed by atoms with Crippen molar-refractivity contribution in [3.05, 3.63) is 47.2 Å². The van der Waals surface area contributed by atoms with Gasteiger partial charge in [0.25, 0.3) is 5.91 Å². The van der Waals surface area contributed by atoms with Gasteiger partial charge in [-0.05, 0) is 38.3 Å². The van der Waals surface area contributed by atoms with Gasteiger partial charge in [-0.15, -0.1) is 0 Å². The third-order valence-corrected chi connectivity index (χ3v) is 4.18. The Hall–Kier alpha value is -2.10. The van der Waals surface area contributed by atoms with Gasteiger partial charge in [-0.1, -0.05) is 37.6 Å². The van der Waals surface area contributed by atoms with E-state index in [0.717, 1.165) is 24.0 Å². The third kappa shape index (κ3) is 4.70. The van der Waals surface area contributed by atoms with Crippen molar-refractivity contribution in [2.45, 2.75) is 59.1 Å². The van der Waals surface area contributed by atoms with Gasteiger partial charge in [0, 0.05) is 25.6 Å².